The maximum absolute atomic E-state index is 4.61. The fourth-order valence-electron chi connectivity index (χ4n) is 2.23. The lowest BCUT2D eigenvalue weighted by atomic mass is 9.88. The molecule has 0 aliphatic rings. The lowest BCUT2D eigenvalue weighted by Gasteiger charge is -2.19. The Morgan fingerprint density at radius 2 is 1.71 bits per heavy atom. The summed E-state index contributed by atoms with van der Waals surface area (Å²) in [7, 11) is 0. The second-order valence-electron chi connectivity index (χ2n) is 6.19. The normalized spacial score (nSPS) is 11.6. The van der Waals surface area contributed by atoms with Crippen LogP contribution in [0.5, 0.6) is 0 Å². The molecule has 3 nitrogen and oxygen atoms in total. The lowest BCUT2D eigenvalue weighted by Crippen LogP contribution is -2.11. The highest BCUT2D eigenvalue weighted by Gasteiger charge is 2.14. The van der Waals surface area contributed by atoms with Crippen LogP contribution >= 0.6 is 0 Å². The Morgan fingerprint density at radius 1 is 0.905 bits per heavy atom. The van der Waals surface area contributed by atoms with Gasteiger partial charge in [-0.2, -0.15) is 0 Å². The fraction of sp³-hybridized carbons (Fsp3) is 0.222. The highest BCUT2D eigenvalue weighted by atomic mass is 15.0. The first kappa shape index (κ1) is 13.6. The summed E-state index contributed by atoms with van der Waals surface area (Å²) in [5.74, 6) is 1.64. The van der Waals surface area contributed by atoms with Crippen molar-refractivity contribution in [2.75, 3.05) is 5.32 Å². The minimum Gasteiger partial charge on any atom is -0.325 e. The van der Waals surface area contributed by atoms with Gasteiger partial charge in [-0.25, -0.2) is 9.97 Å². The topological polar surface area (TPSA) is 37.8 Å². The molecule has 0 radical (unpaired) electrons. The number of nitrogens with one attached hydrogen (secondary N) is 1. The number of hydrogen-bond donors (Lipinski definition) is 1. The van der Waals surface area contributed by atoms with E-state index in [4.69, 9.17) is 0 Å². The van der Waals surface area contributed by atoms with Crippen LogP contribution in [0.4, 0.5) is 11.6 Å². The molecule has 3 aromatic rings. The van der Waals surface area contributed by atoms with Gasteiger partial charge in [0.1, 0.15) is 11.6 Å². The Morgan fingerprint density at radius 3 is 2.52 bits per heavy atom. The van der Waals surface area contributed by atoms with E-state index < -0.39 is 0 Å². The molecule has 0 spiro atoms. The summed E-state index contributed by atoms with van der Waals surface area (Å²) < 4.78 is 0. The molecule has 1 aromatic carbocycles. The van der Waals surface area contributed by atoms with Gasteiger partial charge in [-0.1, -0.05) is 39.0 Å². The third-order valence-electron chi connectivity index (χ3n) is 3.48. The minimum atomic E-state index is 0.107. The van der Waals surface area contributed by atoms with Crippen LogP contribution in [0.25, 0.3) is 10.9 Å². The van der Waals surface area contributed by atoms with E-state index in [0.29, 0.717) is 0 Å². The first-order chi connectivity index (χ1) is 10.0. The van der Waals surface area contributed by atoms with Crippen molar-refractivity contribution < 1.29 is 0 Å². The first-order valence-electron chi connectivity index (χ1n) is 7.12. The van der Waals surface area contributed by atoms with Crippen LogP contribution < -0.4 is 5.32 Å². The van der Waals surface area contributed by atoms with Gasteiger partial charge in [-0.3, -0.25) is 0 Å². The molecule has 0 amide bonds. The molecule has 3 rings (SSSR count). The third kappa shape index (κ3) is 3.02. The van der Waals surface area contributed by atoms with Gasteiger partial charge in [0, 0.05) is 11.6 Å². The van der Waals surface area contributed by atoms with Gasteiger partial charge in [0.05, 0.1) is 5.52 Å². The average Bonchev–Trinajstić information content (AvgIpc) is 2.46. The first-order valence-corrected chi connectivity index (χ1v) is 7.12. The van der Waals surface area contributed by atoms with Crippen molar-refractivity contribution in [1.82, 2.24) is 9.97 Å². The summed E-state index contributed by atoms with van der Waals surface area (Å²) >= 11 is 0. The molecule has 21 heavy (non-hydrogen) atoms. The van der Waals surface area contributed by atoms with Crippen molar-refractivity contribution in [2.24, 2.45) is 0 Å². The van der Waals surface area contributed by atoms with Crippen molar-refractivity contribution >= 4 is 22.5 Å². The molecule has 0 saturated carbocycles. The summed E-state index contributed by atoms with van der Waals surface area (Å²) in [6.07, 6.45) is 1.84. The van der Waals surface area contributed by atoms with E-state index in [1.165, 1.54) is 5.56 Å². The van der Waals surface area contributed by atoms with Crippen molar-refractivity contribution in [3.8, 4) is 0 Å². The lowest BCUT2D eigenvalue weighted by molar-refractivity contribution is 0.589. The van der Waals surface area contributed by atoms with Gasteiger partial charge < -0.3 is 5.32 Å². The highest BCUT2D eigenvalue weighted by molar-refractivity contribution is 5.80. The molecular weight excluding hydrogens is 258 g/mol. The maximum atomic E-state index is 4.61. The Labute approximate surface area is 125 Å². The van der Waals surface area contributed by atoms with Crippen molar-refractivity contribution in [3.63, 3.8) is 0 Å². The summed E-state index contributed by atoms with van der Waals surface area (Å²) in [4.78, 5) is 8.99. The molecular formula is C18H19N3. The second kappa shape index (κ2) is 5.17. The van der Waals surface area contributed by atoms with Crippen molar-refractivity contribution in [3.05, 3.63) is 60.3 Å². The Kier molecular flexibility index (Phi) is 3.34. The van der Waals surface area contributed by atoms with E-state index in [1.807, 2.05) is 30.5 Å². The summed E-state index contributed by atoms with van der Waals surface area (Å²) in [5.41, 5.74) is 2.34. The van der Waals surface area contributed by atoms with Crippen LogP contribution in [-0.4, -0.2) is 9.97 Å². The number of para-hydroxylation sites is 1. The second-order valence-corrected chi connectivity index (χ2v) is 6.19. The third-order valence-corrected chi connectivity index (χ3v) is 3.48. The van der Waals surface area contributed by atoms with Crippen molar-refractivity contribution in [2.45, 2.75) is 26.2 Å². The number of aromatic nitrogens is 2. The number of fused-ring (bicyclic) bond motifs is 1. The van der Waals surface area contributed by atoms with Gasteiger partial charge in [0.2, 0.25) is 0 Å². The fourth-order valence-corrected chi connectivity index (χ4v) is 2.23. The minimum absolute atomic E-state index is 0.107. The number of rotatable bonds is 2. The predicted octanol–water partition coefficient (Wildman–Crippen LogP) is 4.67. The van der Waals surface area contributed by atoms with Crippen LogP contribution in [0.3, 0.4) is 0 Å². The van der Waals surface area contributed by atoms with Crippen molar-refractivity contribution in [1.29, 1.82) is 0 Å². The van der Waals surface area contributed by atoms with E-state index in [0.717, 1.165) is 22.5 Å². The molecule has 0 atom stereocenters. The number of hydrogen-bond acceptors (Lipinski definition) is 3. The zero-order valence-corrected chi connectivity index (χ0v) is 12.6. The molecule has 0 aliphatic heterocycles. The Balaban J connectivity index is 1.91. The molecule has 1 N–H and O–H groups in total. The number of benzene rings is 1. The SMILES string of the molecule is CC(C)(C)c1ccnc(Nc2ccc3ccccc3n2)c1. The van der Waals surface area contributed by atoms with Crippen LogP contribution in [0.1, 0.15) is 26.3 Å². The molecule has 0 bridgehead atoms. The average molecular weight is 277 g/mol. The van der Waals surface area contributed by atoms with Gasteiger partial charge >= 0.3 is 0 Å². The molecule has 3 heteroatoms. The predicted molar refractivity (Wildman–Crippen MR) is 88.0 cm³/mol. The molecule has 106 valence electrons. The van der Waals surface area contributed by atoms with E-state index in [9.17, 15) is 0 Å². The summed E-state index contributed by atoms with van der Waals surface area (Å²) in [5, 5.41) is 4.42. The molecule has 0 unspecified atom stereocenters. The van der Waals surface area contributed by atoms with Gasteiger partial charge in [0.25, 0.3) is 0 Å². The van der Waals surface area contributed by atoms with Crippen LogP contribution in [-0.2, 0) is 5.41 Å². The van der Waals surface area contributed by atoms with Gasteiger partial charge in [-0.15, -0.1) is 0 Å². The van der Waals surface area contributed by atoms with E-state index in [1.54, 1.807) is 0 Å². The van der Waals surface area contributed by atoms with Gasteiger partial charge in [0.15, 0.2) is 0 Å². The zero-order valence-electron chi connectivity index (χ0n) is 12.6. The molecule has 0 fully saturated rings. The van der Waals surface area contributed by atoms with E-state index >= 15 is 0 Å². The Bertz CT molecular complexity index is 773. The smallest absolute Gasteiger partial charge is 0.132 e. The van der Waals surface area contributed by atoms with Crippen LogP contribution in [0.15, 0.2) is 54.7 Å². The van der Waals surface area contributed by atoms with Gasteiger partial charge in [-0.05, 0) is 41.3 Å². The standard InChI is InChI=1S/C18H19N3/c1-18(2,3)14-10-11-19-17(12-14)21-16-9-8-13-6-4-5-7-15(13)20-16/h4-12H,1-3H3,(H,19,20,21). The van der Waals surface area contributed by atoms with E-state index in [-0.39, 0.29) is 5.41 Å². The highest BCUT2D eigenvalue weighted by Crippen LogP contribution is 2.25. The number of anilines is 2. The Hall–Kier alpha value is -2.42. The quantitative estimate of drug-likeness (QED) is 0.739. The molecule has 0 saturated heterocycles. The number of pyridine rings is 2. The number of nitrogens with zero attached hydrogens (tertiary/aromatic N) is 2. The molecule has 2 heterocycles. The molecule has 0 aliphatic carbocycles. The summed E-state index contributed by atoms with van der Waals surface area (Å²) in [6, 6.07) is 16.3. The van der Waals surface area contributed by atoms with E-state index in [2.05, 4.69) is 60.3 Å². The van der Waals surface area contributed by atoms with Crippen LogP contribution in [0.2, 0.25) is 0 Å². The maximum Gasteiger partial charge on any atom is 0.132 e. The monoisotopic (exact) mass is 277 g/mol. The summed E-state index contributed by atoms with van der Waals surface area (Å²) in [6.45, 7) is 6.58. The molecule has 2 aromatic heterocycles. The van der Waals surface area contributed by atoms with Crippen LogP contribution in [0, 0.1) is 0 Å². The zero-order chi connectivity index (χ0) is 14.9. The largest absolute Gasteiger partial charge is 0.325 e.